The number of nitrogens with one attached hydrogen (secondary N) is 3. The fraction of sp³-hybridized carbons (Fsp3) is 0.211. The van der Waals surface area contributed by atoms with E-state index in [0.717, 1.165) is 15.6 Å². The third-order valence-corrected chi connectivity index (χ3v) is 4.15. The first-order valence-corrected chi connectivity index (χ1v) is 9.50. The van der Waals surface area contributed by atoms with Crippen molar-refractivity contribution in [3.05, 3.63) is 58.1 Å². The lowest BCUT2D eigenvalue weighted by Gasteiger charge is -2.12. The number of amides is 2. The van der Waals surface area contributed by atoms with Gasteiger partial charge in [-0.05, 0) is 62.0 Å². The third-order valence-electron chi connectivity index (χ3n) is 3.46. The summed E-state index contributed by atoms with van der Waals surface area (Å²) in [6.07, 6.45) is 0. The van der Waals surface area contributed by atoms with Crippen molar-refractivity contribution in [3.8, 4) is 11.5 Å². The number of benzene rings is 2. The van der Waals surface area contributed by atoms with Crippen LogP contribution in [0.3, 0.4) is 0 Å². The van der Waals surface area contributed by atoms with Crippen LogP contribution in [-0.2, 0) is 9.59 Å². The zero-order valence-electron chi connectivity index (χ0n) is 15.4. The first-order chi connectivity index (χ1) is 13.3. The predicted molar refractivity (Wildman–Crippen MR) is 113 cm³/mol. The maximum Gasteiger partial charge on any atom is 0.276 e. The summed E-state index contributed by atoms with van der Waals surface area (Å²) < 4.78 is 11.7. The highest BCUT2D eigenvalue weighted by molar-refractivity contribution is 9.10. The Morgan fingerprint density at radius 1 is 0.964 bits per heavy atom. The number of thiocarbonyl (C=S) groups is 1. The Kier molecular flexibility index (Phi) is 8.21. The lowest BCUT2D eigenvalue weighted by atomic mass is 10.2. The number of ether oxygens (including phenoxy) is 2. The number of hydrazine groups is 1. The van der Waals surface area contributed by atoms with Gasteiger partial charge in [-0.2, -0.15) is 0 Å². The highest BCUT2D eigenvalue weighted by atomic mass is 79.9. The molecular weight excluding hydrogens is 446 g/mol. The summed E-state index contributed by atoms with van der Waals surface area (Å²) in [4.78, 5) is 23.6. The van der Waals surface area contributed by atoms with E-state index >= 15 is 0 Å². The highest BCUT2D eigenvalue weighted by Crippen LogP contribution is 2.21. The van der Waals surface area contributed by atoms with Crippen LogP contribution in [0.2, 0.25) is 0 Å². The van der Waals surface area contributed by atoms with Crippen LogP contribution in [0.4, 0.5) is 0 Å². The molecule has 0 atom stereocenters. The minimum atomic E-state index is -0.454. The fourth-order valence-corrected chi connectivity index (χ4v) is 2.70. The molecular formula is C19H20BrN3O4S. The van der Waals surface area contributed by atoms with Gasteiger partial charge in [-0.15, -0.1) is 0 Å². The molecule has 148 valence electrons. The van der Waals surface area contributed by atoms with Crippen molar-refractivity contribution in [1.82, 2.24) is 16.2 Å². The molecule has 0 unspecified atom stereocenters. The third kappa shape index (κ3) is 7.53. The number of carbonyl (C=O) groups is 2. The zero-order chi connectivity index (χ0) is 20.5. The average Bonchev–Trinajstić information content (AvgIpc) is 2.65. The van der Waals surface area contributed by atoms with Crippen molar-refractivity contribution in [2.75, 3.05) is 13.2 Å². The van der Waals surface area contributed by atoms with Gasteiger partial charge in [0.1, 0.15) is 11.5 Å². The number of aryl methyl sites for hydroxylation is 2. The summed E-state index contributed by atoms with van der Waals surface area (Å²) in [7, 11) is 0. The van der Waals surface area contributed by atoms with Crippen LogP contribution in [-0.4, -0.2) is 30.1 Å². The van der Waals surface area contributed by atoms with E-state index < -0.39 is 11.8 Å². The Morgan fingerprint density at radius 2 is 1.64 bits per heavy atom. The maximum absolute atomic E-state index is 11.9. The molecule has 0 aliphatic rings. The van der Waals surface area contributed by atoms with Gasteiger partial charge in [0.05, 0.1) is 0 Å². The first kappa shape index (κ1) is 21.6. The Balaban J connectivity index is 1.66. The van der Waals surface area contributed by atoms with Crippen LogP contribution in [0.1, 0.15) is 11.1 Å². The van der Waals surface area contributed by atoms with E-state index in [4.69, 9.17) is 21.7 Å². The Morgan fingerprint density at radius 3 is 2.32 bits per heavy atom. The molecule has 3 N–H and O–H groups in total. The molecule has 0 aliphatic heterocycles. The van der Waals surface area contributed by atoms with Crippen molar-refractivity contribution in [1.29, 1.82) is 0 Å². The second kappa shape index (κ2) is 10.6. The van der Waals surface area contributed by atoms with E-state index in [1.165, 1.54) is 0 Å². The summed E-state index contributed by atoms with van der Waals surface area (Å²) in [5, 5.41) is 2.36. The molecule has 28 heavy (non-hydrogen) atoms. The molecule has 7 nitrogen and oxygen atoms in total. The molecule has 2 aromatic carbocycles. The van der Waals surface area contributed by atoms with E-state index in [9.17, 15) is 9.59 Å². The molecule has 2 amide bonds. The molecule has 2 aromatic rings. The molecule has 9 heteroatoms. The van der Waals surface area contributed by atoms with Crippen LogP contribution < -0.4 is 25.6 Å². The van der Waals surface area contributed by atoms with E-state index in [2.05, 4.69) is 32.1 Å². The Bertz CT molecular complexity index is 859. The van der Waals surface area contributed by atoms with Crippen molar-refractivity contribution >= 4 is 45.1 Å². The van der Waals surface area contributed by atoms with Crippen LogP contribution in [0.25, 0.3) is 0 Å². The van der Waals surface area contributed by atoms with Gasteiger partial charge in [0.25, 0.3) is 11.8 Å². The van der Waals surface area contributed by atoms with Gasteiger partial charge in [-0.25, -0.2) is 0 Å². The number of carbonyl (C=O) groups excluding carboxylic acids is 2. The molecule has 0 saturated heterocycles. The van der Waals surface area contributed by atoms with E-state index in [-0.39, 0.29) is 18.3 Å². The van der Waals surface area contributed by atoms with Gasteiger partial charge in [-0.1, -0.05) is 33.6 Å². The molecule has 0 fully saturated rings. The van der Waals surface area contributed by atoms with Crippen LogP contribution in [0, 0.1) is 13.8 Å². The topological polar surface area (TPSA) is 88.7 Å². The monoisotopic (exact) mass is 465 g/mol. The van der Waals surface area contributed by atoms with Gasteiger partial charge in [-0.3, -0.25) is 25.8 Å². The number of rotatable bonds is 6. The van der Waals surface area contributed by atoms with Crippen LogP contribution >= 0.6 is 28.1 Å². The Labute approximate surface area is 176 Å². The summed E-state index contributed by atoms with van der Waals surface area (Å²) in [5.41, 5.74) is 6.77. The average molecular weight is 466 g/mol. The van der Waals surface area contributed by atoms with Gasteiger partial charge in [0.15, 0.2) is 18.3 Å². The second-order valence-electron chi connectivity index (χ2n) is 5.85. The number of hydrogen-bond donors (Lipinski definition) is 3. The first-order valence-electron chi connectivity index (χ1n) is 8.30. The molecule has 0 radical (unpaired) electrons. The van der Waals surface area contributed by atoms with Gasteiger partial charge >= 0.3 is 0 Å². The molecule has 0 aliphatic carbocycles. The fourth-order valence-electron chi connectivity index (χ4n) is 2.06. The molecule has 0 bridgehead atoms. The standard InChI is InChI=1S/C19H20BrN3O4S/c1-12-3-6-15(7-4-12)26-11-18(25)22-23-19(28)21-17(24)10-27-16-8-5-14(20)9-13(16)2/h3-9H,10-11H2,1-2H3,(H,22,25)(H2,21,23,24,28). The van der Waals surface area contributed by atoms with Crippen molar-refractivity contribution in [2.45, 2.75) is 13.8 Å². The smallest absolute Gasteiger partial charge is 0.276 e. The van der Waals surface area contributed by atoms with E-state index in [0.29, 0.717) is 11.5 Å². The molecule has 2 rings (SSSR count). The summed E-state index contributed by atoms with van der Waals surface area (Å²) in [6.45, 7) is 3.42. The minimum absolute atomic E-state index is 0.0511. The van der Waals surface area contributed by atoms with E-state index in [1.807, 2.05) is 38.1 Å². The Hall–Kier alpha value is -2.65. The van der Waals surface area contributed by atoms with Crippen LogP contribution in [0.15, 0.2) is 46.9 Å². The number of hydrogen-bond acceptors (Lipinski definition) is 5. The molecule has 0 aromatic heterocycles. The van der Waals surface area contributed by atoms with Crippen molar-refractivity contribution in [3.63, 3.8) is 0 Å². The lowest BCUT2D eigenvalue weighted by Crippen LogP contribution is -2.50. The SMILES string of the molecule is Cc1ccc(OCC(=O)NNC(=S)NC(=O)COc2ccc(Br)cc2C)cc1. The summed E-state index contributed by atoms with van der Waals surface area (Å²) in [5.74, 6) is 0.277. The summed E-state index contributed by atoms with van der Waals surface area (Å²) in [6, 6.07) is 12.8. The molecule has 0 heterocycles. The van der Waals surface area contributed by atoms with Gasteiger partial charge < -0.3 is 9.47 Å². The highest BCUT2D eigenvalue weighted by Gasteiger charge is 2.09. The van der Waals surface area contributed by atoms with Crippen molar-refractivity contribution < 1.29 is 19.1 Å². The largest absolute Gasteiger partial charge is 0.484 e. The predicted octanol–water partition coefficient (Wildman–Crippen LogP) is 2.55. The quantitative estimate of drug-likeness (QED) is 0.448. The minimum Gasteiger partial charge on any atom is -0.484 e. The molecule has 0 spiro atoms. The lowest BCUT2D eigenvalue weighted by molar-refractivity contribution is -0.124. The van der Waals surface area contributed by atoms with E-state index in [1.54, 1.807) is 18.2 Å². The van der Waals surface area contributed by atoms with Crippen molar-refractivity contribution in [2.24, 2.45) is 0 Å². The van der Waals surface area contributed by atoms with Crippen LogP contribution in [0.5, 0.6) is 11.5 Å². The second-order valence-corrected chi connectivity index (χ2v) is 7.17. The van der Waals surface area contributed by atoms with Gasteiger partial charge in [0, 0.05) is 4.47 Å². The molecule has 0 saturated carbocycles. The summed E-state index contributed by atoms with van der Waals surface area (Å²) >= 11 is 8.32. The zero-order valence-corrected chi connectivity index (χ0v) is 17.8. The maximum atomic E-state index is 11.9. The normalized spacial score (nSPS) is 9.96. The van der Waals surface area contributed by atoms with Gasteiger partial charge in [0.2, 0.25) is 0 Å². The number of halogens is 1.